The van der Waals surface area contributed by atoms with E-state index in [0.29, 0.717) is 33.8 Å². The maximum atomic E-state index is 12.7. The SMILES string of the molecule is CCOC(=O)c1c(C)[nH]c(C(=O)[C@H](C)Oc2ccccc2C#N)c1C. The van der Waals surface area contributed by atoms with E-state index in [9.17, 15) is 9.59 Å². The number of aryl methyl sites for hydroxylation is 1. The van der Waals surface area contributed by atoms with E-state index in [2.05, 4.69) is 4.98 Å². The summed E-state index contributed by atoms with van der Waals surface area (Å²) in [5.41, 5.74) is 2.14. The molecule has 1 heterocycles. The molecule has 0 spiro atoms. The van der Waals surface area contributed by atoms with Crippen molar-refractivity contribution < 1.29 is 19.1 Å². The Labute approximate surface area is 146 Å². The topological polar surface area (TPSA) is 92.2 Å². The normalized spacial score (nSPS) is 11.5. The van der Waals surface area contributed by atoms with Gasteiger partial charge in [-0.05, 0) is 45.4 Å². The van der Waals surface area contributed by atoms with Gasteiger partial charge in [-0.3, -0.25) is 4.79 Å². The number of benzene rings is 1. The van der Waals surface area contributed by atoms with Gasteiger partial charge in [0.25, 0.3) is 0 Å². The number of nitrogens with zero attached hydrogens (tertiary/aromatic N) is 1. The Morgan fingerprint density at radius 2 is 1.96 bits per heavy atom. The Bertz CT molecular complexity index is 846. The van der Waals surface area contributed by atoms with E-state index in [-0.39, 0.29) is 12.4 Å². The number of ketones is 1. The van der Waals surface area contributed by atoms with Crippen LogP contribution in [0.4, 0.5) is 0 Å². The van der Waals surface area contributed by atoms with Crippen molar-refractivity contribution in [3.8, 4) is 11.8 Å². The Kier molecular flexibility index (Phi) is 5.60. The molecule has 0 aliphatic heterocycles. The second-order valence-corrected chi connectivity index (χ2v) is 5.58. The molecule has 0 saturated carbocycles. The fourth-order valence-corrected chi connectivity index (χ4v) is 2.61. The number of aromatic amines is 1. The number of nitriles is 1. The largest absolute Gasteiger partial charge is 0.481 e. The van der Waals surface area contributed by atoms with E-state index >= 15 is 0 Å². The van der Waals surface area contributed by atoms with Crippen molar-refractivity contribution in [2.75, 3.05) is 6.61 Å². The van der Waals surface area contributed by atoms with E-state index < -0.39 is 12.1 Å². The second kappa shape index (κ2) is 7.67. The van der Waals surface area contributed by atoms with Crippen LogP contribution >= 0.6 is 0 Å². The number of aromatic nitrogens is 1. The number of rotatable bonds is 6. The van der Waals surface area contributed by atoms with Crippen molar-refractivity contribution in [2.24, 2.45) is 0 Å². The van der Waals surface area contributed by atoms with Crippen LogP contribution in [0.3, 0.4) is 0 Å². The summed E-state index contributed by atoms with van der Waals surface area (Å²) in [4.78, 5) is 27.7. The van der Waals surface area contributed by atoms with Gasteiger partial charge in [0.05, 0.1) is 23.4 Å². The zero-order valence-corrected chi connectivity index (χ0v) is 14.7. The summed E-state index contributed by atoms with van der Waals surface area (Å²) in [7, 11) is 0. The highest BCUT2D eigenvalue weighted by Crippen LogP contribution is 2.23. The Balaban J connectivity index is 2.27. The van der Waals surface area contributed by atoms with Crippen LogP contribution in [0.5, 0.6) is 5.75 Å². The predicted molar refractivity (Wildman–Crippen MR) is 91.8 cm³/mol. The molecule has 0 aliphatic carbocycles. The molecule has 0 radical (unpaired) electrons. The minimum atomic E-state index is -0.818. The van der Waals surface area contributed by atoms with Crippen LogP contribution in [-0.4, -0.2) is 29.4 Å². The lowest BCUT2D eigenvalue weighted by Crippen LogP contribution is -2.25. The Hall–Kier alpha value is -3.07. The number of esters is 1. The van der Waals surface area contributed by atoms with Gasteiger partial charge in [-0.15, -0.1) is 0 Å². The first-order valence-corrected chi connectivity index (χ1v) is 7.96. The molecule has 130 valence electrons. The molecule has 1 aromatic heterocycles. The molecule has 0 saturated heterocycles. The number of H-pyrrole nitrogens is 1. The highest BCUT2D eigenvalue weighted by Gasteiger charge is 2.26. The molecule has 6 nitrogen and oxygen atoms in total. The Morgan fingerprint density at radius 3 is 2.60 bits per heavy atom. The number of ether oxygens (including phenoxy) is 2. The van der Waals surface area contributed by atoms with E-state index in [0.717, 1.165) is 0 Å². The molecular formula is C19H20N2O4. The first-order chi connectivity index (χ1) is 11.9. The van der Waals surface area contributed by atoms with Crippen molar-refractivity contribution in [2.45, 2.75) is 33.8 Å². The average Bonchev–Trinajstić information content (AvgIpc) is 2.89. The molecule has 0 fully saturated rings. The Morgan fingerprint density at radius 1 is 1.28 bits per heavy atom. The summed E-state index contributed by atoms with van der Waals surface area (Å²) < 4.78 is 10.7. The van der Waals surface area contributed by atoms with E-state index in [1.807, 2.05) is 6.07 Å². The summed E-state index contributed by atoms with van der Waals surface area (Å²) in [6.07, 6.45) is -0.818. The number of Topliss-reactive ketones (excluding diaryl/α,β-unsaturated/α-hetero) is 1. The molecule has 0 bridgehead atoms. The number of hydrogen-bond acceptors (Lipinski definition) is 5. The first-order valence-electron chi connectivity index (χ1n) is 7.96. The van der Waals surface area contributed by atoms with Gasteiger partial charge in [0, 0.05) is 5.69 Å². The van der Waals surface area contributed by atoms with Crippen LogP contribution in [0.1, 0.15) is 51.5 Å². The fourth-order valence-electron chi connectivity index (χ4n) is 2.61. The molecule has 1 aromatic carbocycles. The van der Waals surface area contributed by atoms with Gasteiger partial charge < -0.3 is 14.5 Å². The first kappa shape index (κ1) is 18.3. The van der Waals surface area contributed by atoms with Gasteiger partial charge in [0.1, 0.15) is 11.8 Å². The van der Waals surface area contributed by atoms with Gasteiger partial charge in [-0.25, -0.2) is 4.79 Å². The van der Waals surface area contributed by atoms with Crippen LogP contribution in [0.2, 0.25) is 0 Å². The lowest BCUT2D eigenvalue weighted by Gasteiger charge is -2.14. The molecule has 2 aromatic rings. The van der Waals surface area contributed by atoms with Crippen LogP contribution in [0, 0.1) is 25.2 Å². The van der Waals surface area contributed by atoms with E-state index in [4.69, 9.17) is 14.7 Å². The third-order valence-electron chi connectivity index (χ3n) is 3.84. The third kappa shape index (κ3) is 3.72. The summed E-state index contributed by atoms with van der Waals surface area (Å²) in [5.74, 6) is -0.419. The fraction of sp³-hybridized carbons (Fsp3) is 0.316. The van der Waals surface area contributed by atoms with Crippen LogP contribution < -0.4 is 4.74 Å². The maximum absolute atomic E-state index is 12.7. The van der Waals surface area contributed by atoms with Crippen molar-refractivity contribution in [3.63, 3.8) is 0 Å². The third-order valence-corrected chi connectivity index (χ3v) is 3.84. The number of nitrogens with one attached hydrogen (secondary N) is 1. The van der Waals surface area contributed by atoms with Gasteiger partial charge in [-0.2, -0.15) is 5.26 Å². The molecule has 1 N–H and O–H groups in total. The molecule has 0 unspecified atom stereocenters. The molecule has 1 atom stereocenters. The molecule has 0 amide bonds. The number of carbonyl (C=O) groups is 2. The van der Waals surface area contributed by atoms with Gasteiger partial charge in [0.15, 0.2) is 6.10 Å². The summed E-state index contributed by atoms with van der Waals surface area (Å²) in [5, 5.41) is 9.11. The minimum absolute atomic E-state index is 0.261. The minimum Gasteiger partial charge on any atom is -0.481 e. The lowest BCUT2D eigenvalue weighted by atomic mass is 10.1. The van der Waals surface area contributed by atoms with Crippen molar-refractivity contribution in [1.82, 2.24) is 4.98 Å². The number of hydrogen-bond donors (Lipinski definition) is 1. The number of carbonyl (C=O) groups excluding carboxylic acids is 2. The monoisotopic (exact) mass is 340 g/mol. The quantitative estimate of drug-likeness (QED) is 0.643. The summed E-state index contributed by atoms with van der Waals surface area (Å²) in [6.45, 7) is 7.00. The van der Waals surface area contributed by atoms with Gasteiger partial charge in [-0.1, -0.05) is 12.1 Å². The number of para-hydroxylation sites is 1. The second-order valence-electron chi connectivity index (χ2n) is 5.58. The van der Waals surface area contributed by atoms with Gasteiger partial charge in [0.2, 0.25) is 5.78 Å². The molecule has 25 heavy (non-hydrogen) atoms. The maximum Gasteiger partial charge on any atom is 0.340 e. The van der Waals surface area contributed by atoms with Gasteiger partial charge >= 0.3 is 5.97 Å². The van der Waals surface area contributed by atoms with Crippen LogP contribution in [0.25, 0.3) is 0 Å². The lowest BCUT2D eigenvalue weighted by molar-refractivity contribution is 0.0525. The highest BCUT2D eigenvalue weighted by atomic mass is 16.5. The summed E-state index contributed by atoms with van der Waals surface area (Å²) in [6, 6.07) is 8.74. The van der Waals surface area contributed by atoms with Crippen molar-refractivity contribution in [1.29, 1.82) is 5.26 Å². The molecule has 0 aliphatic rings. The van der Waals surface area contributed by atoms with E-state index in [1.54, 1.807) is 52.0 Å². The van der Waals surface area contributed by atoms with Crippen LogP contribution in [-0.2, 0) is 4.74 Å². The molecule has 6 heteroatoms. The zero-order valence-electron chi connectivity index (χ0n) is 14.7. The van der Waals surface area contributed by atoms with Crippen molar-refractivity contribution in [3.05, 3.63) is 52.3 Å². The highest BCUT2D eigenvalue weighted by molar-refractivity contribution is 6.03. The molecule has 2 rings (SSSR count). The molecular weight excluding hydrogens is 320 g/mol. The summed E-state index contributed by atoms with van der Waals surface area (Å²) >= 11 is 0. The standard InChI is InChI=1S/C19H20N2O4/c1-5-24-19(23)16-11(2)17(21-12(16)3)18(22)13(4)25-15-9-7-6-8-14(15)10-20/h6-9,13,21H,5H2,1-4H3/t13-/m0/s1. The van der Waals surface area contributed by atoms with E-state index in [1.165, 1.54) is 0 Å². The van der Waals surface area contributed by atoms with Crippen LogP contribution in [0.15, 0.2) is 24.3 Å². The van der Waals surface area contributed by atoms with Crippen molar-refractivity contribution >= 4 is 11.8 Å². The zero-order chi connectivity index (χ0) is 18.6. The smallest absolute Gasteiger partial charge is 0.340 e. The predicted octanol–water partition coefficient (Wildman–Crippen LogP) is 3.33. The average molecular weight is 340 g/mol.